The number of aryl methyl sites for hydroxylation is 1. The van der Waals surface area contributed by atoms with Gasteiger partial charge in [0, 0.05) is 19.0 Å². The number of rotatable bonds is 6. The summed E-state index contributed by atoms with van der Waals surface area (Å²) >= 11 is 0. The Morgan fingerprint density at radius 3 is 2.89 bits per heavy atom. The zero-order chi connectivity index (χ0) is 12.6. The van der Waals surface area contributed by atoms with E-state index in [-0.39, 0.29) is 5.91 Å². The predicted molar refractivity (Wildman–Crippen MR) is 73.4 cm³/mol. The molecule has 1 aromatic carbocycles. The Kier molecular flexibility index (Phi) is 5.21. The molecule has 0 saturated carbocycles. The fraction of sp³-hybridized carbons (Fsp3) is 0.533. The zero-order valence-corrected chi connectivity index (χ0v) is 10.8. The van der Waals surface area contributed by atoms with Gasteiger partial charge in [-0.25, -0.2) is 0 Å². The van der Waals surface area contributed by atoms with Crippen LogP contribution in [0, 0.1) is 0 Å². The Balaban J connectivity index is 1.57. The lowest BCUT2D eigenvalue weighted by atomic mass is 10.1. The molecule has 1 saturated heterocycles. The lowest BCUT2D eigenvalue weighted by molar-refractivity contribution is -0.121. The van der Waals surface area contributed by atoms with E-state index in [1.165, 1.54) is 18.4 Å². The Labute approximate surface area is 109 Å². The predicted octanol–water partition coefficient (Wildman–Crippen LogP) is 1.88. The third kappa shape index (κ3) is 4.49. The molecular weight excluding hydrogens is 224 g/mol. The van der Waals surface area contributed by atoms with Crippen LogP contribution in [0.5, 0.6) is 0 Å². The molecule has 0 bridgehead atoms. The van der Waals surface area contributed by atoms with Crippen molar-refractivity contribution in [1.82, 2.24) is 10.6 Å². The Bertz CT molecular complexity index is 358. The molecule has 2 N–H and O–H groups in total. The highest BCUT2D eigenvalue weighted by Gasteiger charge is 2.14. The first-order valence-corrected chi connectivity index (χ1v) is 6.88. The smallest absolute Gasteiger partial charge is 0.220 e. The molecule has 1 aromatic rings. The highest BCUT2D eigenvalue weighted by atomic mass is 16.1. The molecule has 1 atom stereocenters. The zero-order valence-electron chi connectivity index (χ0n) is 10.8. The van der Waals surface area contributed by atoms with Crippen molar-refractivity contribution in [2.24, 2.45) is 0 Å². The van der Waals surface area contributed by atoms with Gasteiger partial charge in [-0.05, 0) is 37.8 Å². The van der Waals surface area contributed by atoms with Crippen LogP contribution in [-0.2, 0) is 11.2 Å². The summed E-state index contributed by atoms with van der Waals surface area (Å²) in [5.41, 5.74) is 1.31. The van der Waals surface area contributed by atoms with Gasteiger partial charge in [0.15, 0.2) is 0 Å². The lowest BCUT2D eigenvalue weighted by Crippen LogP contribution is -2.37. The van der Waals surface area contributed by atoms with Crippen molar-refractivity contribution >= 4 is 5.91 Å². The minimum atomic E-state index is 0.180. The molecular formula is C15H22N2O. The molecule has 0 radical (unpaired) electrons. The summed E-state index contributed by atoms with van der Waals surface area (Å²) in [5, 5.41) is 6.39. The molecule has 0 aromatic heterocycles. The van der Waals surface area contributed by atoms with Gasteiger partial charge in [0.1, 0.15) is 0 Å². The molecule has 1 amide bonds. The Hall–Kier alpha value is -1.35. The molecule has 0 aliphatic carbocycles. The van der Waals surface area contributed by atoms with Crippen LogP contribution in [0.3, 0.4) is 0 Å². The monoisotopic (exact) mass is 246 g/mol. The van der Waals surface area contributed by atoms with Crippen molar-refractivity contribution in [2.45, 2.75) is 38.1 Å². The summed E-state index contributed by atoms with van der Waals surface area (Å²) in [6, 6.07) is 10.8. The minimum Gasteiger partial charge on any atom is -0.355 e. The summed E-state index contributed by atoms with van der Waals surface area (Å²) in [7, 11) is 0. The minimum absolute atomic E-state index is 0.180. The Morgan fingerprint density at radius 2 is 2.17 bits per heavy atom. The molecule has 3 nitrogen and oxygen atoms in total. The summed E-state index contributed by atoms with van der Waals surface area (Å²) < 4.78 is 0. The summed E-state index contributed by atoms with van der Waals surface area (Å²) in [6.45, 7) is 1.87. The van der Waals surface area contributed by atoms with Crippen LogP contribution < -0.4 is 10.6 Å². The van der Waals surface area contributed by atoms with Crippen molar-refractivity contribution < 1.29 is 4.79 Å². The van der Waals surface area contributed by atoms with E-state index in [1.807, 2.05) is 18.2 Å². The first kappa shape index (κ1) is 13.1. The maximum atomic E-state index is 11.7. The number of benzene rings is 1. The van der Waals surface area contributed by atoms with Gasteiger partial charge in [-0.1, -0.05) is 30.3 Å². The molecule has 1 aliphatic heterocycles. The van der Waals surface area contributed by atoms with Crippen molar-refractivity contribution in [3.05, 3.63) is 35.9 Å². The van der Waals surface area contributed by atoms with E-state index in [0.29, 0.717) is 12.5 Å². The number of nitrogens with one attached hydrogen (secondary N) is 2. The van der Waals surface area contributed by atoms with Gasteiger partial charge in [-0.3, -0.25) is 4.79 Å². The van der Waals surface area contributed by atoms with Crippen LogP contribution in [0.2, 0.25) is 0 Å². The van der Waals surface area contributed by atoms with E-state index in [4.69, 9.17) is 0 Å². The van der Waals surface area contributed by atoms with Crippen molar-refractivity contribution in [1.29, 1.82) is 0 Å². The van der Waals surface area contributed by atoms with Gasteiger partial charge >= 0.3 is 0 Å². The van der Waals surface area contributed by atoms with E-state index >= 15 is 0 Å². The lowest BCUT2D eigenvalue weighted by Gasteiger charge is -2.11. The number of hydrogen-bond acceptors (Lipinski definition) is 2. The SMILES string of the molecule is O=C(CCCc1ccccc1)NC[C@H]1CCCN1. The van der Waals surface area contributed by atoms with E-state index in [2.05, 4.69) is 22.8 Å². The third-order valence-corrected chi connectivity index (χ3v) is 3.42. The average molecular weight is 246 g/mol. The largest absolute Gasteiger partial charge is 0.355 e. The second kappa shape index (κ2) is 7.17. The molecule has 1 fully saturated rings. The van der Waals surface area contributed by atoms with Gasteiger partial charge in [0.25, 0.3) is 0 Å². The standard InChI is InChI=1S/C15H22N2O/c18-15(17-12-14-9-5-11-16-14)10-4-8-13-6-2-1-3-7-13/h1-3,6-7,14,16H,4-5,8-12H2,(H,17,18)/t14-/m1/s1. The van der Waals surface area contributed by atoms with Crippen LogP contribution in [0.25, 0.3) is 0 Å². The maximum Gasteiger partial charge on any atom is 0.220 e. The second-order valence-electron chi connectivity index (χ2n) is 4.94. The molecule has 98 valence electrons. The first-order chi connectivity index (χ1) is 8.84. The fourth-order valence-corrected chi connectivity index (χ4v) is 2.35. The molecule has 3 heteroatoms. The summed E-state index contributed by atoms with van der Waals surface area (Å²) in [5.74, 6) is 0.180. The van der Waals surface area contributed by atoms with Gasteiger partial charge < -0.3 is 10.6 Å². The molecule has 0 unspecified atom stereocenters. The normalized spacial score (nSPS) is 18.8. The van der Waals surface area contributed by atoms with Gasteiger partial charge in [-0.15, -0.1) is 0 Å². The van der Waals surface area contributed by atoms with Crippen LogP contribution in [0.1, 0.15) is 31.2 Å². The first-order valence-electron chi connectivity index (χ1n) is 6.88. The highest BCUT2D eigenvalue weighted by Crippen LogP contribution is 2.05. The third-order valence-electron chi connectivity index (χ3n) is 3.42. The summed E-state index contributed by atoms with van der Waals surface area (Å²) in [4.78, 5) is 11.7. The molecule has 2 rings (SSSR count). The van der Waals surface area contributed by atoms with Gasteiger partial charge in [-0.2, -0.15) is 0 Å². The quantitative estimate of drug-likeness (QED) is 0.804. The number of hydrogen-bond donors (Lipinski definition) is 2. The summed E-state index contributed by atoms with van der Waals surface area (Å²) in [6.07, 6.45) is 4.95. The van der Waals surface area contributed by atoms with Crippen LogP contribution in [0.4, 0.5) is 0 Å². The number of amides is 1. The van der Waals surface area contributed by atoms with Crippen molar-refractivity contribution in [3.8, 4) is 0 Å². The molecule has 1 heterocycles. The highest BCUT2D eigenvalue weighted by molar-refractivity contribution is 5.75. The van der Waals surface area contributed by atoms with E-state index in [9.17, 15) is 4.79 Å². The molecule has 18 heavy (non-hydrogen) atoms. The van der Waals surface area contributed by atoms with Gasteiger partial charge in [0.2, 0.25) is 5.91 Å². The Morgan fingerprint density at radius 1 is 1.33 bits per heavy atom. The van der Waals surface area contributed by atoms with E-state index in [0.717, 1.165) is 25.9 Å². The van der Waals surface area contributed by atoms with Crippen molar-refractivity contribution in [2.75, 3.05) is 13.1 Å². The van der Waals surface area contributed by atoms with Crippen LogP contribution >= 0.6 is 0 Å². The van der Waals surface area contributed by atoms with E-state index < -0.39 is 0 Å². The molecule has 1 aliphatic rings. The topological polar surface area (TPSA) is 41.1 Å². The average Bonchev–Trinajstić information content (AvgIpc) is 2.91. The fourth-order valence-electron chi connectivity index (χ4n) is 2.35. The van der Waals surface area contributed by atoms with Crippen LogP contribution in [-0.4, -0.2) is 25.0 Å². The number of carbonyl (C=O) groups is 1. The maximum absolute atomic E-state index is 11.7. The van der Waals surface area contributed by atoms with Gasteiger partial charge in [0.05, 0.1) is 0 Å². The number of carbonyl (C=O) groups excluding carboxylic acids is 1. The van der Waals surface area contributed by atoms with E-state index in [1.54, 1.807) is 0 Å². The molecule has 0 spiro atoms. The van der Waals surface area contributed by atoms with Crippen molar-refractivity contribution in [3.63, 3.8) is 0 Å². The van der Waals surface area contributed by atoms with Crippen LogP contribution in [0.15, 0.2) is 30.3 Å². The second-order valence-corrected chi connectivity index (χ2v) is 4.94.